The van der Waals surface area contributed by atoms with E-state index in [0.29, 0.717) is 10.9 Å². The van der Waals surface area contributed by atoms with Crippen molar-refractivity contribution in [2.24, 2.45) is 0 Å². The third-order valence-electron chi connectivity index (χ3n) is 2.42. The fourth-order valence-electron chi connectivity index (χ4n) is 1.56. The van der Waals surface area contributed by atoms with E-state index < -0.39 is 9.84 Å². The van der Waals surface area contributed by atoms with Crippen molar-refractivity contribution >= 4 is 20.7 Å². The molecule has 4 nitrogen and oxygen atoms in total. The van der Waals surface area contributed by atoms with Gasteiger partial charge < -0.3 is 5.11 Å². The lowest BCUT2D eigenvalue weighted by Gasteiger charge is -2.06. The van der Waals surface area contributed by atoms with Crippen molar-refractivity contribution in [1.82, 2.24) is 4.98 Å². The van der Waals surface area contributed by atoms with Crippen molar-refractivity contribution in [2.45, 2.75) is 11.8 Å². The Labute approximate surface area is 93.5 Å². The molecule has 0 saturated carbocycles. The number of benzene rings is 1. The zero-order chi connectivity index (χ0) is 11.8. The largest absolute Gasteiger partial charge is 0.506 e. The molecule has 0 aliphatic rings. The molecule has 5 heteroatoms. The second-order valence-corrected chi connectivity index (χ2v) is 5.63. The van der Waals surface area contributed by atoms with Crippen molar-refractivity contribution < 1.29 is 13.5 Å². The standard InChI is InChI=1S/C11H11NO3S/c1-2-16(14,15)10-6-5-9(13)11-8(10)4-3-7-12-11/h3-7,13H,2H2,1H3. The maximum Gasteiger partial charge on any atom is 0.178 e. The topological polar surface area (TPSA) is 67.3 Å². The van der Waals surface area contributed by atoms with Gasteiger partial charge in [-0.15, -0.1) is 0 Å². The van der Waals surface area contributed by atoms with Gasteiger partial charge in [0.2, 0.25) is 0 Å². The Bertz CT molecular complexity index is 635. The summed E-state index contributed by atoms with van der Waals surface area (Å²) in [5, 5.41) is 10.0. The highest BCUT2D eigenvalue weighted by molar-refractivity contribution is 7.91. The molecule has 1 aromatic heterocycles. The van der Waals surface area contributed by atoms with Crippen molar-refractivity contribution in [3.8, 4) is 5.75 Å². The van der Waals surface area contributed by atoms with Gasteiger partial charge in [-0.25, -0.2) is 8.42 Å². The first-order chi connectivity index (χ1) is 7.56. The van der Waals surface area contributed by atoms with Gasteiger partial charge in [-0.1, -0.05) is 6.92 Å². The zero-order valence-corrected chi connectivity index (χ0v) is 9.53. The maximum absolute atomic E-state index is 11.8. The molecule has 0 bridgehead atoms. The molecule has 0 aliphatic heterocycles. The molecular formula is C11H11NO3S. The van der Waals surface area contributed by atoms with Crippen LogP contribution in [0.1, 0.15) is 6.92 Å². The molecule has 1 heterocycles. The number of phenols is 1. The summed E-state index contributed by atoms with van der Waals surface area (Å²) in [6.07, 6.45) is 1.52. The van der Waals surface area contributed by atoms with Crippen molar-refractivity contribution in [1.29, 1.82) is 0 Å². The SMILES string of the molecule is CCS(=O)(=O)c1ccc(O)c2ncccc12. The van der Waals surface area contributed by atoms with Crippen LogP contribution in [0.25, 0.3) is 10.9 Å². The van der Waals surface area contributed by atoms with E-state index in [1.165, 1.54) is 18.3 Å². The van der Waals surface area contributed by atoms with Crippen LogP contribution in [0.2, 0.25) is 0 Å². The van der Waals surface area contributed by atoms with Crippen LogP contribution in [-0.4, -0.2) is 24.3 Å². The summed E-state index contributed by atoms with van der Waals surface area (Å²) < 4.78 is 23.6. The van der Waals surface area contributed by atoms with Crippen LogP contribution >= 0.6 is 0 Å². The van der Waals surface area contributed by atoms with E-state index in [2.05, 4.69) is 4.98 Å². The Morgan fingerprint density at radius 1 is 1.31 bits per heavy atom. The fraction of sp³-hybridized carbons (Fsp3) is 0.182. The number of hydrogen-bond donors (Lipinski definition) is 1. The minimum absolute atomic E-state index is 0.00865. The first-order valence-corrected chi connectivity index (χ1v) is 6.51. The van der Waals surface area contributed by atoms with Gasteiger partial charge in [-0.3, -0.25) is 4.98 Å². The summed E-state index contributed by atoms with van der Waals surface area (Å²) in [6.45, 7) is 1.59. The number of aromatic nitrogens is 1. The normalized spacial score (nSPS) is 11.8. The Hall–Kier alpha value is -1.62. The maximum atomic E-state index is 11.8. The van der Waals surface area contributed by atoms with Crippen molar-refractivity contribution in [3.63, 3.8) is 0 Å². The van der Waals surface area contributed by atoms with E-state index in [4.69, 9.17) is 0 Å². The van der Waals surface area contributed by atoms with Gasteiger partial charge >= 0.3 is 0 Å². The number of hydrogen-bond acceptors (Lipinski definition) is 4. The summed E-state index contributed by atoms with van der Waals surface area (Å²) in [4.78, 5) is 4.19. The fourth-order valence-corrected chi connectivity index (χ4v) is 2.64. The summed E-state index contributed by atoms with van der Waals surface area (Å²) >= 11 is 0. The van der Waals surface area contributed by atoms with Gasteiger partial charge in [-0.2, -0.15) is 0 Å². The lowest BCUT2D eigenvalue weighted by atomic mass is 10.2. The second kappa shape index (κ2) is 3.75. The monoisotopic (exact) mass is 237 g/mol. The van der Waals surface area contributed by atoms with Gasteiger partial charge in [0.25, 0.3) is 0 Å². The Morgan fingerprint density at radius 3 is 2.75 bits per heavy atom. The molecule has 2 rings (SSSR count). The molecule has 16 heavy (non-hydrogen) atoms. The van der Waals surface area contributed by atoms with E-state index in [1.807, 2.05) is 0 Å². The van der Waals surface area contributed by atoms with E-state index in [9.17, 15) is 13.5 Å². The summed E-state index contributed by atoms with van der Waals surface area (Å²) in [6, 6.07) is 6.07. The molecule has 0 radical (unpaired) electrons. The van der Waals surface area contributed by atoms with Crippen molar-refractivity contribution in [3.05, 3.63) is 30.5 Å². The molecule has 0 spiro atoms. The lowest BCUT2D eigenvalue weighted by molar-refractivity contribution is 0.480. The van der Waals surface area contributed by atoms with Crippen LogP contribution < -0.4 is 0 Å². The van der Waals surface area contributed by atoms with E-state index in [1.54, 1.807) is 19.1 Å². The Morgan fingerprint density at radius 2 is 2.06 bits per heavy atom. The van der Waals surface area contributed by atoms with Crippen LogP contribution in [0.3, 0.4) is 0 Å². The van der Waals surface area contributed by atoms with E-state index >= 15 is 0 Å². The molecule has 84 valence electrons. The molecule has 0 aliphatic carbocycles. The molecule has 0 fully saturated rings. The van der Waals surface area contributed by atoms with Gasteiger partial charge in [0.05, 0.1) is 10.6 Å². The van der Waals surface area contributed by atoms with Crippen LogP contribution in [0.5, 0.6) is 5.75 Å². The van der Waals surface area contributed by atoms with Crippen LogP contribution in [0, 0.1) is 0 Å². The van der Waals surface area contributed by atoms with Gasteiger partial charge in [0.1, 0.15) is 11.3 Å². The summed E-state index contributed by atoms with van der Waals surface area (Å²) in [5.74, 6) is 0.0209. The Kier molecular flexibility index (Phi) is 2.55. The predicted octanol–water partition coefficient (Wildman–Crippen LogP) is 1.73. The highest BCUT2D eigenvalue weighted by Crippen LogP contribution is 2.28. The predicted molar refractivity (Wildman–Crippen MR) is 61.1 cm³/mol. The number of pyridine rings is 1. The number of sulfone groups is 1. The zero-order valence-electron chi connectivity index (χ0n) is 8.71. The van der Waals surface area contributed by atoms with E-state index in [0.717, 1.165) is 0 Å². The molecular weight excluding hydrogens is 226 g/mol. The second-order valence-electron chi connectivity index (χ2n) is 3.39. The van der Waals surface area contributed by atoms with Crippen LogP contribution in [-0.2, 0) is 9.84 Å². The average Bonchev–Trinajstić information content (AvgIpc) is 2.29. The van der Waals surface area contributed by atoms with Gasteiger partial charge in [0.15, 0.2) is 9.84 Å². The molecule has 0 saturated heterocycles. The molecule has 0 amide bonds. The third kappa shape index (κ3) is 1.63. The summed E-state index contributed by atoms with van der Waals surface area (Å²) in [5.41, 5.74) is 0.317. The van der Waals surface area contributed by atoms with Crippen molar-refractivity contribution in [2.75, 3.05) is 5.75 Å². The lowest BCUT2D eigenvalue weighted by Crippen LogP contribution is -2.04. The molecule has 0 atom stereocenters. The van der Waals surface area contributed by atoms with Crippen LogP contribution in [0.15, 0.2) is 35.4 Å². The van der Waals surface area contributed by atoms with Gasteiger partial charge in [0, 0.05) is 11.6 Å². The minimum atomic E-state index is -3.29. The number of nitrogens with zero attached hydrogens (tertiary/aromatic N) is 1. The molecule has 2 aromatic rings. The molecule has 1 aromatic carbocycles. The third-order valence-corrected chi connectivity index (χ3v) is 4.21. The molecule has 1 N–H and O–H groups in total. The van der Waals surface area contributed by atoms with E-state index in [-0.39, 0.29) is 16.4 Å². The number of rotatable bonds is 2. The Balaban J connectivity index is 2.88. The summed E-state index contributed by atoms with van der Waals surface area (Å²) in [7, 11) is -3.29. The average molecular weight is 237 g/mol. The first kappa shape index (κ1) is 10.9. The van der Waals surface area contributed by atoms with Gasteiger partial charge in [-0.05, 0) is 24.3 Å². The van der Waals surface area contributed by atoms with Crippen LogP contribution in [0.4, 0.5) is 0 Å². The molecule has 0 unspecified atom stereocenters. The highest BCUT2D eigenvalue weighted by Gasteiger charge is 2.16. The number of phenolic OH excluding ortho intramolecular Hbond substituents is 1. The number of fused-ring (bicyclic) bond motifs is 1. The highest BCUT2D eigenvalue weighted by atomic mass is 32.2. The smallest absolute Gasteiger partial charge is 0.178 e. The first-order valence-electron chi connectivity index (χ1n) is 4.85. The quantitative estimate of drug-likeness (QED) is 0.863. The number of aromatic hydroxyl groups is 1. The minimum Gasteiger partial charge on any atom is -0.506 e.